The van der Waals surface area contributed by atoms with E-state index in [1.165, 1.54) is 4.57 Å². The lowest BCUT2D eigenvalue weighted by atomic mass is 9.99. The number of nitrogens with zero attached hydrogens (tertiary/aromatic N) is 3. The van der Waals surface area contributed by atoms with Gasteiger partial charge in [0.05, 0.1) is 18.0 Å². The van der Waals surface area contributed by atoms with Gasteiger partial charge in [-0.2, -0.15) is 0 Å². The van der Waals surface area contributed by atoms with E-state index in [2.05, 4.69) is 15.3 Å². The van der Waals surface area contributed by atoms with Gasteiger partial charge in [-0.05, 0) is 90.2 Å². The number of aromatic nitrogens is 3. The molecule has 0 bridgehead atoms. The number of hydrogen-bond acceptors (Lipinski definition) is 11. The number of rotatable bonds is 15. The van der Waals surface area contributed by atoms with Crippen molar-refractivity contribution in [2.75, 3.05) is 13.2 Å². The van der Waals surface area contributed by atoms with Crippen molar-refractivity contribution in [2.24, 2.45) is 0 Å². The van der Waals surface area contributed by atoms with Gasteiger partial charge in [-0.25, -0.2) is 0 Å². The predicted molar refractivity (Wildman–Crippen MR) is 195 cm³/mol. The Balaban J connectivity index is 0.965. The van der Waals surface area contributed by atoms with Gasteiger partial charge < -0.3 is 14.6 Å². The molecule has 2 aromatic carbocycles. The maximum absolute atomic E-state index is 12.8. The van der Waals surface area contributed by atoms with Crippen molar-refractivity contribution in [3.8, 4) is 17.4 Å². The summed E-state index contributed by atoms with van der Waals surface area (Å²) >= 11 is 2.01. The second kappa shape index (κ2) is 15.7. The number of carbonyl (C=O) groups excluding carboxylic acids is 3. The Kier molecular flexibility index (Phi) is 11.0. The highest BCUT2D eigenvalue weighted by molar-refractivity contribution is 8.16. The first-order chi connectivity index (χ1) is 24.6. The minimum Gasteiger partial charge on any atom is -0.494 e. The molecule has 1 aliphatic heterocycles. The van der Waals surface area contributed by atoms with E-state index in [4.69, 9.17) is 9.47 Å². The second-order valence-electron chi connectivity index (χ2n) is 12.3. The fourth-order valence-corrected chi connectivity index (χ4v) is 7.32. The molecule has 2 amide bonds. The summed E-state index contributed by atoms with van der Waals surface area (Å²) in [6.07, 6.45) is 5.60. The van der Waals surface area contributed by atoms with Crippen molar-refractivity contribution in [2.45, 2.75) is 50.8 Å². The van der Waals surface area contributed by atoms with Gasteiger partial charge in [-0.1, -0.05) is 54.7 Å². The number of thiazole rings is 1. The van der Waals surface area contributed by atoms with Crippen LogP contribution >= 0.6 is 23.1 Å². The molecule has 0 aliphatic carbocycles. The maximum Gasteiger partial charge on any atom is 0.310 e. The third-order valence-corrected chi connectivity index (χ3v) is 10.5. The molecular formula is C38H36N4O7S2. The van der Waals surface area contributed by atoms with E-state index >= 15 is 0 Å². The monoisotopic (exact) mass is 724 g/mol. The molecule has 0 spiro atoms. The Morgan fingerprint density at radius 3 is 2.16 bits per heavy atom. The topological polar surface area (TPSA) is 150 Å². The van der Waals surface area contributed by atoms with Gasteiger partial charge in [0.2, 0.25) is 17.6 Å². The van der Waals surface area contributed by atoms with E-state index in [1.807, 2.05) is 61.5 Å². The lowest BCUT2D eigenvalue weighted by molar-refractivity contribution is -0.121. The van der Waals surface area contributed by atoms with E-state index < -0.39 is 4.75 Å². The smallest absolute Gasteiger partial charge is 0.310 e. The molecule has 1 unspecified atom stereocenters. The number of carbonyl (C=O) groups is 3. The summed E-state index contributed by atoms with van der Waals surface area (Å²) < 4.78 is 12.1. The SMILES string of the molecule is CCc1ccc(C(=O)COc2ccc(Cc3sc(=O)n(Cc4ccc(CCOc5ccc(CC6(C)SC(=O)NC6=O)cc5)nc4)c3O)cc2)nc1. The number of pyridine rings is 2. The summed E-state index contributed by atoms with van der Waals surface area (Å²) in [5.74, 6) is 0.661. The van der Waals surface area contributed by atoms with Crippen molar-refractivity contribution in [3.05, 3.63) is 133 Å². The quantitative estimate of drug-likeness (QED) is 0.127. The molecule has 13 heteroatoms. The van der Waals surface area contributed by atoms with Crippen molar-refractivity contribution in [1.82, 2.24) is 19.9 Å². The standard InChI is InChI=1S/C38H36N4O7S2/c1-3-24-9-15-31(40-20-24)32(43)23-49-30-11-5-25(6-12-30)18-33-34(44)42(37(47)50-33)22-27-4-10-28(39-21-27)16-17-48-29-13-7-26(8-14-29)19-38(2)35(45)41-36(46)51-38/h4-15,20-21,44H,3,16-19,22-23H2,1-2H3,(H,41,45,46). The van der Waals surface area contributed by atoms with Crippen LogP contribution < -0.4 is 19.7 Å². The largest absolute Gasteiger partial charge is 0.494 e. The van der Waals surface area contributed by atoms with E-state index in [0.717, 1.165) is 57.5 Å². The molecule has 3 aromatic heterocycles. The first-order valence-corrected chi connectivity index (χ1v) is 18.0. The second-order valence-corrected chi connectivity index (χ2v) is 14.8. The Morgan fingerprint density at radius 1 is 0.863 bits per heavy atom. The molecule has 262 valence electrons. The molecule has 51 heavy (non-hydrogen) atoms. The van der Waals surface area contributed by atoms with Crippen LogP contribution in [0.2, 0.25) is 0 Å². The maximum atomic E-state index is 12.8. The Bertz CT molecular complexity index is 2080. The number of Topliss-reactive ketones (excluding diaryl/α,β-unsaturated/α-hetero) is 1. The van der Waals surface area contributed by atoms with Crippen LogP contribution in [0.15, 0.2) is 90.0 Å². The van der Waals surface area contributed by atoms with Crippen molar-refractivity contribution >= 4 is 40.0 Å². The molecule has 0 saturated carbocycles. The molecular weight excluding hydrogens is 689 g/mol. The fourth-order valence-electron chi connectivity index (χ4n) is 5.47. The number of imide groups is 1. The third-order valence-electron chi connectivity index (χ3n) is 8.44. The zero-order valence-corrected chi connectivity index (χ0v) is 29.7. The van der Waals surface area contributed by atoms with Crippen LogP contribution in [0.5, 0.6) is 17.4 Å². The van der Waals surface area contributed by atoms with E-state index in [-0.39, 0.29) is 40.8 Å². The molecule has 6 rings (SSSR count). The van der Waals surface area contributed by atoms with Gasteiger partial charge in [0.1, 0.15) is 21.9 Å². The Hall–Kier alpha value is -5.27. The Labute approximate surface area is 302 Å². The highest BCUT2D eigenvalue weighted by Gasteiger charge is 2.43. The zero-order valence-electron chi connectivity index (χ0n) is 28.1. The van der Waals surface area contributed by atoms with Crippen LogP contribution in [0.3, 0.4) is 0 Å². The summed E-state index contributed by atoms with van der Waals surface area (Å²) in [5.41, 5.74) is 4.82. The summed E-state index contributed by atoms with van der Waals surface area (Å²) in [6, 6.07) is 22.0. The van der Waals surface area contributed by atoms with Gasteiger partial charge in [0.15, 0.2) is 6.61 Å². The average molecular weight is 725 g/mol. The summed E-state index contributed by atoms with van der Waals surface area (Å²) in [4.78, 5) is 57.9. The van der Waals surface area contributed by atoms with Gasteiger partial charge in [0, 0.05) is 30.9 Å². The molecule has 4 heterocycles. The molecule has 2 N–H and O–H groups in total. The summed E-state index contributed by atoms with van der Waals surface area (Å²) in [6.45, 7) is 4.24. The highest BCUT2D eigenvalue weighted by atomic mass is 32.2. The lowest BCUT2D eigenvalue weighted by Crippen LogP contribution is -2.35. The van der Waals surface area contributed by atoms with Gasteiger partial charge in [0.25, 0.3) is 5.24 Å². The Morgan fingerprint density at radius 2 is 1.53 bits per heavy atom. The number of benzene rings is 2. The van der Waals surface area contributed by atoms with Crippen molar-refractivity contribution in [3.63, 3.8) is 0 Å². The molecule has 1 saturated heterocycles. The number of aromatic hydroxyl groups is 1. The fraction of sp³-hybridized carbons (Fsp3) is 0.263. The number of amides is 2. The van der Waals surface area contributed by atoms with Crippen molar-refractivity contribution < 1.29 is 29.0 Å². The van der Waals surface area contributed by atoms with Crippen LogP contribution in [0.25, 0.3) is 0 Å². The van der Waals surface area contributed by atoms with E-state index in [1.54, 1.807) is 37.5 Å². The zero-order chi connectivity index (χ0) is 36.0. The third kappa shape index (κ3) is 8.91. The average Bonchev–Trinajstić information content (AvgIpc) is 3.55. The van der Waals surface area contributed by atoms with Crippen LogP contribution in [0.4, 0.5) is 4.79 Å². The van der Waals surface area contributed by atoms with E-state index in [0.29, 0.717) is 47.9 Å². The van der Waals surface area contributed by atoms with Crippen LogP contribution in [-0.2, 0) is 37.0 Å². The normalized spacial score (nSPS) is 15.5. The van der Waals surface area contributed by atoms with Crippen molar-refractivity contribution in [1.29, 1.82) is 0 Å². The number of nitrogens with one attached hydrogen (secondary N) is 1. The molecule has 11 nitrogen and oxygen atoms in total. The highest BCUT2D eigenvalue weighted by Crippen LogP contribution is 2.35. The first kappa shape index (κ1) is 35.6. The van der Waals surface area contributed by atoms with Crippen LogP contribution in [-0.4, -0.2) is 54.5 Å². The molecule has 1 atom stereocenters. The van der Waals surface area contributed by atoms with Crippen LogP contribution in [0, 0.1) is 0 Å². The number of aryl methyl sites for hydroxylation is 1. The number of ether oxygens (including phenoxy) is 2. The molecule has 0 radical (unpaired) electrons. The lowest BCUT2D eigenvalue weighted by Gasteiger charge is -2.18. The molecule has 1 fully saturated rings. The van der Waals surface area contributed by atoms with E-state index in [9.17, 15) is 24.3 Å². The van der Waals surface area contributed by atoms with Gasteiger partial charge >= 0.3 is 4.87 Å². The molecule has 5 aromatic rings. The minimum absolute atomic E-state index is 0.0751. The van der Waals surface area contributed by atoms with Crippen LogP contribution in [0.1, 0.15) is 57.2 Å². The predicted octanol–water partition coefficient (Wildman–Crippen LogP) is 5.77. The first-order valence-electron chi connectivity index (χ1n) is 16.4. The minimum atomic E-state index is -0.815. The van der Waals surface area contributed by atoms with Gasteiger partial charge in [-0.3, -0.25) is 39.0 Å². The van der Waals surface area contributed by atoms with Gasteiger partial charge in [-0.15, -0.1) is 0 Å². The summed E-state index contributed by atoms with van der Waals surface area (Å²) in [5, 5.41) is 12.9. The number of thioether (sulfide) groups is 1. The molecule has 1 aliphatic rings. The number of hydrogen-bond donors (Lipinski definition) is 2. The summed E-state index contributed by atoms with van der Waals surface area (Å²) in [7, 11) is 0. The number of ketones is 1.